The van der Waals surface area contributed by atoms with Crippen LogP contribution in [0.15, 0.2) is 30.3 Å². The smallest absolute Gasteiger partial charge is 0.325 e. The van der Waals surface area contributed by atoms with Crippen LogP contribution in [0.1, 0.15) is 17.0 Å². The molecular formula is C18H19N5O3. The maximum atomic E-state index is 12.1. The number of rotatable bonds is 5. The van der Waals surface area contributed by atoms with Crippen LogP contribution >= 0.6 is 0 Å². The van der Waals surface area contributed by atoms with Crippen molar-refractivity contribution in [2.75, 3.05) is 13.7 Å². The highest BCUT2D eigenvalue weighted by molar-refractivity contribution is 5.83. The summed E-state index contributed by atoms with van der Waals surface area (Å²) in [6.45, 7) is 3.53. The lowest BCUT2D eigenvalue weighted by Gasteiger charge is -2.10. The molecule has 3 aromatic rings. The molecule has 0 aliphatic carbocycles. The van der Waals surface area contributed by atoms with Crippen molar-refractivity contribution in [1.82, 2.24) is 24.9 Å². The van der Waals surface area contributed by atoms with Crippen molar-refractivity contribution in [3.63, 3.8) is 0 Å². The lowest BCUT2D eigenvalue weighted by molar-refractivity contribution is -0.141. The minimum absolute atomic E-state index is 0.0954. The van der Waals surface area contributed by atoms with Crippen LogP contribution in [-0.4, -0.2) is 45.1 Å². The molecule has 2 heterocycles. The second-order valence-electron chi connectivity index (χ2n) is 5.80. The maximum absolute atomic E-state index is 12.1. The van der Waals surface area contributed by atoms with Crippen molar-refractivity contribution in [3.8, 4) is 11.4 Å². The minimum atomic E-state index is -0.496. The Bertz CT molecular complexity index is 966. The Labute approximate surface area is 150 Å². The molecule has 0 atom stereocenters. The summed E-state index contributed by atoms with van der Waals surface area (Å²) in [6.07, 6.45) is 0.0954. The summed E-state index contributed by atoms with van der Waals surface area (Å²) in [5, 5.41) is 7.05. The van der Waals surface area contributed by atoms with Crippen LogP contribution in [0.25, 0.3) is 17.2 Å². The number of hydrogen-bond donors (Lipinski definition) is 1. The van der Waals surface area contributed by atoms with E-state index >= 15 is 0 Å². The topological polar surface area (TPSA) is 98.5 Å². The summed E-state index contributed by atoms with van der Waals surface area (Å²) in [4.78, 5) is 32.2. The number of carbonyl (C=O) groups excluding carboxylic acids is 2. The molecule has 3 rings (SSSR count). The molecule has 8 nitrogen and oxygen atoms in total. The van der Waals surface area contributed by atoms with Gasteiger partial charge in [0.25, 0.3) is 5.78 Å². The summed E-state index contributed by atoms with van der Waals surface area (Å²) < 4.78 is 6.15. The van der Waals surface area contributed by atoms with Gasteiger partial charge in [0, 0.05) is 22.5 Å². The molecule has 0 saturated heterocycles. The number of carbonyl (C=O) groups is 2. The van der Waals surface area contributed by atoms with Gasteiger partial charge in [-0.1, -0.05) is 30.3 Å². The third-order valence-corrected chi connectivity index (χ3v) is 4.08. The van der Waals surface area contributed by atoms with Gasteiger partial charge in [-0.15, -0.1) is 5.10 Å². The Morgan fingerprint density at radius 1 is 1.15 bits per heavy atom. The van der Waals surface area contributed by atoms with Crippen LogP contribution < -0.4 is 5.32 Å². The van der Waals surface area contributed by atoms with E-state index in [2.05, 4.69) is 25.1 Å². The van der Waals surface area contributed by atoms with E-state index in [1.165, 1.54) is 7.11 Å². The Kier molecular flexibility index (Phi) is 4.92. The van der Waals surface area contributed by atoms with Gasteiger partial charge in [-0.05, 0) is 13.8 Å². The number of nitrogens with zero attached hydrogens (tertiary/aromatic N) is 4. The third kappa shape index (κ3) is 3.53. The molecule has 26 heavy (non-hydrogen) atoms. The van der Waals surface area contributed by atoms with E-state index in [9.17, 15) is 9.59 Å². The van der Waals surface area contributed by atoms with E-state index in [0.717, 1.165) is 16.8 Å². The highest BCUT2D eigenvalue weighted by atomic mass is 16.5. The maximum Gasteiger partial charge on any atom is 0.325 e. The molecule has 0 fully saturated rings. The van der Waals surface area contributed by atoms with Crippen LogP contribution in [0.5, 0.6) is 0 Å². The molecule has 134 valence electrons. The van der Waals surface area contributed by atoms with Crippen molar-refractivity contribution in [2.45, 2.75) is 20.3 Å². The van der Waals surface area contributed by atoms with Gasteiger partial charge in [-0.3, -0.25) is 9.59 Å². The summed E-state index contributed by atoms with van der Waals surface area (Å²) in [5.41, 5.74) is 3.14. The second-order valence-corrected chi connectivity index (χ2v) is 5.80. The first-order chi connectivity index (χ1) is 12.5. The highest BCUT2D eigenvalue weighted by Gasteiger charge is 2.17. The zero-order valence-corrected chi connectivity index (χ0v) is 14.8. The summed E-state index contributed by atoms with van der Waals surface area (Å²) >= 11 is 0. The molecule has 1 aromatic carbocycles. The van der Waals surface area contributed by atoms with Gasteiger partial charge in [-0.2, -0.15) is 4.98 Å². The largest absolute Gasteiger partial charge is 0.468 e. The number of nitrogens with one attached hydrogen (secondary N) is 1. The number of esters is 1. The first kappa shape index (κ1) is 17.5. The fourth-order valence-corrected chi connectivity index (χ4v) is 2.64. The van der Waals surface area contributed by atoms with Gasteiger partial charge < -0.3 is 10.1 Å². The van der Waals surface area contributed by atoms with E-state index in [1.807, 2.05) is 44.2 Å². The SMILES string of the molecule is COC(=O)CNC(=O)Cc1c(C)nc2nc(-c3ccccc3)nn2c1C. The van der Waals surface area contributed by atoms with Crippen LogP contribution in [0, 0.1) is 13.8 Å². The minimum Gasteiger partial charge on any atom is -0.468 e. The normalized spacial score (nSPS) is 10.7. The number of methoxy groups -OCH3 is 1. The van der Waals surface area contributed by atoms with Gasteiger partial charge in [-0.25, -0.2) is 9.50 Å². The van der Waals surface area contributed by atoms with Gasteiger partial charge in [0.05, 0.1) is 13.5 Å². The lowest BCUT2D eigenvalue weighted by Crippen LogP contribution is -2.31. The second kappa shape index (κ2) is 7.30. The van der Waals surface area contributed by atoms with Gasteiger partial charge in [0.2, 0.25) is 5.91 Å². The number of fused-ring (bicyclic) bond motifs is 1. The summed E-state index contributed by atoms with van der Waals surface area (Å²) in [7, 11) is 1.27. The zero-order chi connectivity index (χ0) is 18.7. The molecule has 2 aromatic heterocycles. The van der Waals surface area contributed by atoms with Crippen LogP contribution in [-0.2, 0) is 20.7 Å². The summed E-state index contributed by atoms with van der Waals surface area (Å²) in [6, 6.07) is 9.63. The van der Waals surface area contributed by atoms with Crippen molar-refractivity contribution in [2.24, 2.45) is 0 Å². The molecule has 0 aliphatic rings. The van der Waals surface area contributed by atoms with Crippen molar-refractivity contribution >= 4 is 17.7 Å². The molecule has 0 saturated carbocycles. The van der Waals surface area contributed by atoms with Crippen molar-refractivity contribution in [1.29, 1.82) is 0 Å². The standard InChI is InChI=1S/C18H19N5O3/c1-11-14(9-15(24)19-10-16(25)26-3)12(2)23-18(20-11)21-17(22-23)13-7-5-4-6-8-13/h4-8H,9-10H2,1-3H3,(H,19,24). The van der Waals surface area contributed by atoms with E-state index in [0.29, 0.717) is 17.3 Å². The predicted octanol–water partition coefficient (Wildman–Crippen LogP) is 1.24. The Morgan fingerprint density at radius 3 is 2.58 bits per heavy atom. The molecular weight excluding hydrogens is 334 g/mol. The fourth-order valence-electron chi connectivity index (χ4n) is 2.64. The van der Waals surface area contributed by atoms with Crippen LogP contribution in [0.3, 0.4) is 0 Å². The monoisotopic (exact) mass is 353 g/mol. The number of benzene rings is 1. The van der Waals surface area contributed by atoms with E-state index in [1.54, 1.807) is 4.52 Å². The molecule has 0 bridgehead atoms. The number of hydrogen-bond acceptors (Lipinski definition) is 6. The average molecular weight is 353 g/mol. The van der Waals surface area contributed by atoms with Crippen molar-refractivity contribution < 1.29 is 14.3 Å². The van der Waals surface area contributed by atoms with Gasteiger partial charge in [0.1, 0.15) is 6.54 Å². The fraction of sp³-hybridized carbons (Fsp3) is 0.278. The first-order valence-corrected chi connectivity index (χ1v) is 8.11. The molecule has 0 spiro atoms. The number of aryl methyl sites for hydroxylation is 2. The Balaban J connectivity index is 1.90. The number of aromatic nitrogens is 4. The van der Waals surface area contributed by atoms with Crippen LogP contribution in [0.4, 0.5) is 0 Å². The number of ether oxygens (including phenoxy) is 1. The quantitative estimate of drug-likeness (QED) is 0.693. The Hall–Kier alpha value is -3.29. The van der Waals surface area contributed by atoms with E-state index in [-0.39, 0.29) is 18.9 Å². The van der Waals surface area contributed by atoms with Crippen molar-refractivity contribution in [3.05, 3.63) is 47.3 Å². The average Bonchev–Trinajstić information content (AvgIpc) is 3.08. The molecule has 0 aliphatic heterocycles. The molecule has 0 radical (unpaired) electrons. The van der Waals surface area contributed by atoms with Gasteiger partial charge >= 0.3 is 5.97 Å². The molecule has 0 unspecified atom stereocenters. The first-order valence-electron chi connectivity index (χ1n) is 8.11. The van der Waals surface area contributed by atoms with E-state index < -0.39 is 5.97 Å². The molecule has 1 N–H and O–H groups in total. The Morgan fingerprint density at radius 2 is 1.88 bits per heavy atom. The third-order valence-electron chi connectivity index (χ3n) is 4.08. The lowest BCUT2D eigenvalue weighted by atomic mass is 10.1. The van der Waals surface area contributed by atoms with Gasteiger partial charge in [0.15, 0.2) is 5.82 Å². The molecule has 1 amide bonds. The highest BCUT2D eigenvalue weighted by Crippen LogP contribution is 2.19. The summed E-state index contributed by atoms with van der Waals surface area (Å²) in [5.74, 6) is 0.278. The van der Waals surface area contributed by atoms with Crippen LogP contribution in [0.2, 0.25) is 0 Å². The van der Waals surface area contributed by atoms with E-state index in [4.69, 9.17) is 0 Å². The number of amides is 1. The zero-order valence-electron chi connectivity index (χ0n) is 14.8. The molecule has 8 heteroatoms. The predicted molar refractivity (Wildman–Crippen MR) is 94.4 cm³/mol.